The van der Waals surface area contributed by atoms with Crippen molar-refractivity contribution in [2.75, 3.05) is 0 Å². The normalized spacial score (nSPS) is 12.6. The van der Waals surface area contributed by atoms with Crippen LogP contribution in [0.1, 0.15) is 11.4 Å². The number of aryl methyl sites for hydroxylation is 1. The zero-order chi connectivity index (χ0) is 12.3. The van der Waals surface area contributed by atoms with Crippen LogP contribution >= 0.6 is 0 Å². The highest BCUT2D eigenvalue weighted by atomic mass is 19.1. The molecule has 0 aliphatic rings. The Morgan fingerprint density at radius 1 is 1.41 bits per heavy atom. The van der Waals surface area contributed by atoms with Crippen LogP contribution in [0.3, 0.4) is 0 Å². The van der Waals surface area contributed by atoms with E-state index < -0.39 is 0 Å². The molecule has 2 aromatic rings. The summed E-state index contributed by atoms with van der Waals surface area (Å²) in [6.45, 7) is 0. The maximum absolute atomic E-state index is 13.0. The molecule has 1 heterocycles. The van der Waals surface area contributed by atoms with Gasteiger partial charge in [-0.25, -0.2) is 9.37 Å². The van der Waals surface area contributed by atoms with Gasteiger partial charge in [0, 0.05) is 31.9 Å². The molecule has 0 bridgehead atoms. The summed E-state index contributed by atoms with van der Waals surface area (Å²) in [6.07, 6.45) is 5.00. The lowest BCUT2D eigenvalue weighted by Gasteiger charge is -2.11. The highest BCUT2D eigenvalue weighted by Gasteiger charge is 2.09. The zero-order valence-electron chi connectivity index (χ0n) is 9.81. The van der Waals surface area contributed by atoms with E-state index in [0.29, 0.717) is 12.8 Å². The van der Waals surface area contributed by atoms with E-state index in [0.717, 1.165) is 11.4 Å². The molecule has 0 aliphatic carbocycles. The average Bonchev–Trinajstić information content (AvgIpc) is 2.64. The lowest BCUT2D eigenvalue weighted by Crippen LogP contribution is -2.26. The van der Waals surface area contributed by atoms with Crippen molar-refractivity contribution in [2.45, 2.75) is 18.9 Å². The molecular formula is C13H16FN3. The third-order valence-corrected chi connectivity index (χ3v) is 2.75. The van der Waals surface area contributed by atoms with Gasteiger partial charge in [0.15, 0.2) is 0 Å². The minimum absolute atomic E-state index is 0.0436. The van der Waals surface area contributed by atoms with Gasteiger partial charge in [0.25, 0.3) is 0 Å². The van der Waals surface area contributed by atoms with E-state index in [-0.39, 0.29) is 11.9 Å². The van der Waals surface area contributed by atoms with E-state index in [1.165, 1.54) is 12.1 Å². The van der Waals surface area contributed by atoms with Crippen molar-refractivity contribution >= 4 is 0 Å². The number of rotatable bonds is 4. The fourth-order valence-corrected chi connectivity index (χ4v) is 1.87. The van der Waals surface area contributed by atoms with Crippen LogP contribution in [0, 0.1) is 5.82 Å². The Labute approximate surface area is 100 Å². The number of hydrogen-bond acceptors (Lipinski definition) is 2. The lowest BCUT2D eigenvalue weighted by atomic mass is 10.0. The maximum atomic E-state index is 13.0. The van der Waals surface area contributed by atoms with Crippen molar-refractivity contribution in [3.05, 3.63) is 53.9 Å². The van der Waals surface area contributed by atoms with Gasteiger partial charge in [-0.05, 0) is 24.1 Å². The summed E-state index contributed by atoms with van der Waals surface area (Å²) in [5, 5.41) is 0. The molecule has 90 valence electrons. The largest absolute Gasteiger partial charge is 0.338 e. The number of halogens is 1. The molecule has 17 heavy (non-hydrogen) atoms. The van der Waals surface area contributed by atoms with E-state index in [1.807, 2.05) is 23.9 Å². The molecule has 2 N–H and O–H groups in total. The molecule has 0 saturated carbocycles. The van der Waals surface area contributed by atoms with Gasteiger partial charge < -0.3 is 10.3 Å². The molecular weight excluding hydrogens is 217 g/mol. The van der Waals surface area contributed by atoms with Crippen molar-refractivity contribution in [1.29, 1.82) is 0 Å². The van der Waals surface area contributed by atoms with Gasteiger partial charge in [0.1, 0.15) is 11.6 Å². The Morgan fingerprint density at radius 3 is 2.88 bits per heavy atom. The second kappa shape index (κ2) is 5.10. The smallest absolute Gasteiger partial charge is 0.123 e. The van der Waals surface area contributed by atoms with E-state index in [4.69, 9.17) is 5.73 Å². The molecule has 1 atom stereocenters. The molecule has 0 fully saturated rings. The number of aromatic nitrogens is 2. The summed E-state index contributed by atoms with van der Waals surface area (Å²) >= 11 is 0. The molecule has 1 aromatic carbocycles. The van der Waals surface area contributed by atoms with Crippen LogP contribution in [0.2, 0.25) is 0 Å². The van der Waals surface area contributed by atoms with Crippen molar-refractivity contribution < 1.29 is 4.39 Å². The molecule has 2 rings (SSSR count). The van der Waals surface area contributed by atoms with E-state index in [2.05, 4.69) is 4.98 Å². The van der Waals surface area contributed by atoms with Crippen LogP contribution in [0.15, 0.2) is 36.7 Å². The summed E-state index contributed by atoms with van der Waals surface area (Å²) in [5.41, 5.74) is 6.96. The van der Waals surface area contributed by atoms with Crippen molar-refractivity contribution in [3.8, 4) is 0 Å². The second-order valence-corrected chi connectivity index (χ2v) is 4.25. The van der Waals surface area contributed by atoms with Crippen molar-refractivity contribution in [1.82, 2.24) is 9.55 Å². The molecule has 1 unspecified atom stereocenters. The van der Waals surface area contributed by atoms with Gasteiger partial charge in [-0.2, -0.15) is 0 Å². The first-order valence-corrected chi connectivity index (χ1v) is 5.61. The van der Waals surface area contributed by atoms with Gasteiger partial charge >= 0.3 is 0 Å². The first kappa shape index (κ1) is 11.8. The Balaban J connectivity index is 1.98. The molecule has 0 saturated heterocycles. The summed E-state index contributed by atoms with van der Waals surface area (Å²) in [6, 6.07) is 6.52. The molecule has 3 nitrogen and oxygen atoms in total. The standard InChI is InChI=1S/C13H16FN3/c1-17-6-5-16-13(17)9-12(15)8-10-3-2-4-11(14)7-10/h2-7,12H,8-9,15H2,1H3. The van der Waals surface area contributed by atoms with Gasteiger partial charge in [-0.1, -0.05) is 12.1 Å². The third-order valence-electron chi connectivity index (χ3n) is 2.75. The Morgan fingerprint density at radius 2 is 2.24 bits per heavy atom. The monoisotopic (exact) mass is 233 g/mol. The van der Waals surface area contributed by atoms with Crippen molar-refractivity contribution in [2.24, 2.45) is 12.8 Å². The van der Waals surface area contributed by atoms with Crippen LogP contribution in [0.4, 0.5) is 4.39 Å². The lowest BCUT2D eigenvalue weighted by molar-refractivity contribution is 0.607. The van der Waals surface area contributed by atoms with E-state index >= 15 is 0 Å². The Kier molecular flexibility index (Phi) is 3.54. The zero-order valence-corrected chi connectivity index (χ0v) is 9.81. The van der Waals surface area contributed by atoms with Crippen LogP contribution in [0.5, 0.6) is 0 Å². The van der Waals surface area contributed by atoms with Gasteiger partial charge in [0.05, 0.1) is 0 Å². The predicted molar refractivity (Wildman–Crippen MR) is 65.0 cm³/mol. The van der Waals surface area contributed by atoms with Crippen LogP contribution in [-0.4, -0.2) is 15.6 Å². The highest BCUT2D eigenvalue weighted by molar-refractivity contribution is 5.17. The number of hydrogen-bond donors (Lipinski definition) is 1. The molecule has 0 amide bonds. The van der Waals surface area contributed by atoms with Crippen LogP contribution in [0.25, 0.3) is 0 Å². The van der Waals surface area contributed by atoms with Crippen LogP contribution in [-0.2, 0) is 19.9 Å². The minimum atomic E-state index is -0.216. The molecule has 0 radical (unpaired) electrons. The maximum Gasteiger partial charge on any atom is 0.123 e. The van der Waals surface area contributed by atoms with Gasteiger partial charge in [-0.3, -0.25) is 0 Å². The van der Waals surface area contributed by atoms with Crippen LogP contribution < -0.4 is 5.73 Å². The second-order valence-electron chi connectivity index (χ2n) is 4.25. The average molecular weight is 233 g/mol. The Bertz CT molecular complexity index is 493. The SMILES string of the molecule is Cn1ccnc1CC(N)Cc1cccc(F)c1. The fourth-order valence-electron chi connectivity index (χ4n) is 1.87. The fraction of sp³-hybridized carbons (Fsp3) is 0.308. The summed E-state index contributed by atoms with van der Waals surface area (Å²) in [4.78, 5) is 4.22. The molecule has 4 heteroatoms. The molecule has 1 aromatic heterocycles. The van der Waals surface area contributed by atoms with E-state index in [1.54, 1.807) is 12.3 Å². The highest BCUT2D eigenvalue weighted by Crippen LogP contribution is 2.08. The Hall–Kier alpha value is -1.68. The predicted octanol–water partition coefficient (Wildman–Crippen LogP) is 1.67. The van der Waals surface area contributed by atoms with Gasteiger partial charge in [0.2, 0.25) is 0 Å². The topological polar surface area (TPSA) is 43.8 Å². The number of imidazole rings is 1. The third kappa shape index (κ3) is 3.14. The van der Waals surface area contributed by atoms with Crippen molar-refractivity contribution in [3.63, 3.8) is 0 Å². The summed E-state index contributed by atoms with van der Waals surface area (Å²) in [5.74, 6) is 0.737. The number of nitrogens with two attached hydrogens (primary N) is 1. The first-order valence-electron chi connectivity index (χ1n) is 5.61. The number of nitrogens with zero attached hydrogens (tertiary/aromatic N) is 2. The number of benzene rings is 1. The minimum Gasteiger partial charge on any atom is -0.338 e. The summed E-state index contributed by atoms with van der Waals surface area (Å²) < 4.78 is 15.0. The molecule has 0 spiro atoms. The first-order chi connectivity index (χ1) is 8.15. The summed E-state index contributed by atoms with van der Waals surface area (Å²) in [7, 11) is 1.94. The molecule has 0 aliphatic heterocycles. The van der Waals surface area contributed by atoms with Gasteiger partial charge in [-0.15, -0.1) is 0 Å². The van der Waals surface area contributed by atoms with E-state index in [9.17, 15) is 4.39 Å². The quantitative estimate of drug-likeness (QED) is 0.873.